The van der Waals surface area contributed by atoms with E-state index in [9.17, 15) is 4.79 Å². The van der Waals surface area contributed by atoms with Crippen molar-refractivity contribution in [2.24, 2.45) is 5.92 Å². The molecule has 1 aromatic carbocycles. The molecule has 0 bridgehead atoms. The van der Waals surface area contributed by atoms with Crippen LogP contribution >= 0.6 is 0 Å². The van der Waals surface area contributed by atoms with E-state index in [1.165, 1.54) is 0 Å². The highest BCUT2D eigenvalue weighted by molar-refractivity contribution is 5.99. The zero-order valence-electron chi connectivity index (χ0n) is 12.6. The molecule has 4 nitrogen and oxygen atoms in total. The van der Waals surface area contributed by atoms with Crippen molar-refractivity contribution in [3.05, 3.63) is 36.0 Å². The van der Waals surface area contributed by atoms with Gasteiger partial charge in [-0.1, -0.05) is 25.1 Å². The van der Waals surface area contributed by atoms with Crippen LogP contribution in [0.2, 0.25) is 0 Å². The zero-order chi connectivity index (χ0) is 14.8. The maximum absolute atomic E-state index is 12.6. The van der Waals surface area contributed by atoms with Crippen molar-refractivity contribution in [1.82, 2.24) is 9.88 Å². The van der Waals surface area contributed by atoms with Gasteiger partial charge in [0.15, 0.2) is 0 Å². The lowest BCUT2D eigenvalue weighted by Crippen LogP contribution is -2.29. The van der Waals surface area contributed by atoms with E-state index in [2.05, 4.69) is 24.1 Å². The Balaban J connectivity index is 2.00. The Morgan fingerprint density at radius 2 is 2.24 bits per heavy atom. The normalized spacial score (nSPS) is 18.2. The monoisotopic (exact) mass is 283 g/mol. The fourth-order valence-corrected chi connectivity index (χ4v) is 2.90. The molecular formula is C17H21N3O. The molecular weight excluding hydrogens is 262 g/mol. The van der Waals surface area contributed by atoms with Crippen LogP contribution in [0.3, 0.4) is 0 Å². The first-order chi connectivity index (χ1) is 10.2. The van der Waals surface area contributed by atoms with Crippen LogP contribution < -0.4 is 5.32 Å². The number of nitrogens with one attached hydrogen (secondary N) is 1. The van der Waals surface area contributed by atoms with Gasteiger partial charge < -0.3 is 10.2 Å². The van der Waals surface area contributed by atoms with Gasteiger partial charge in [-0.3, -0.25) is 4.79 Å². The summed E-state index contributed by atoms with van der Waals surface area (Å²) in [5.74, 6) is 0.631. The van der Waals surface area contributed by atoms with E-state index in [1.807, 2.05) is 35.2 Å². The minimum atomic E-state index is 0.0456. The molecule has 110 valence electrons. The van der Waals surface area contributed by atoms with Gasteiger partial charge >= 0.3 is 0 Å². The molecule has 4 heteroatoms. The standard InChI is InChI=1S/C17H21N3O/c1-3-18-15-10-16(17(21)20-9-8-12(2)11-20)19-14-7-5-4-6-13(14)15/h4-7,10,12H,3,8-9,11H2,1-2H3,(H,18,19). The lowest BCUT2D eigenvalue weighted by molar-refractivity contribution is 0.0783. The largest absolute Gasteiger partial charge is 0.385 e. The molecule has 1 atom stereocenters. The number of para-hydroxylation sites is 1. The average Bonchev–Trinajstić information content (AvgIpc) is 2.93. The lowest BCUT2D eigenvalue weighted by atomic mass is 10.1. The van der Waals surface area contributed by atoms with Crippen LogP contribution in [0.4, 0.5) is 5.69 Å². The molecule has 1 unspecified atom stereocenters. The number of rotatable bonds is 3. The van der Waals surface area contributed by atoms with Crippen molar-refractivity contribution < 1.29 is 4.79 Å². The van der Waals surface area contributed by atoms with Crippen LogP contribution in [0.1, 0.15) is 30.8 Å². The molecule has 1 N–H and O–H groups in total. The van der Waals surface area contributed by atoms with Crippen LogP contribution in [0, 0.1) is 5.92 Å². The molecule has 3 rings (SSSR count). The number of aromatic nitrogens is 1. The smallest absolute Gasteiger partial charge is 0.272 e. The second-order valence-electron chi connectivity index (χ2n) is 5.75. The Labute approximate surface area is 125 Å². The summed E-state index contributed by atoms with van der Waals surface area (Å²) in [6, 6.07) is 9.83. The van der Waals surface area contributed by atoms with Crippen LogP contribution in [0.5, 0.6) is 0 Å². The van der Waals surface area contributed by atoms with Gasteiger partial charge in [-0.05, 0) is 31.4 Å². The van der Waals surface area contributed by atoms with Crippen molar-refractivity contribution in [1.29, 1.82) is 0 Å². The zero-order valence-corrected chi connectivity index (χ0v) is 12.6. The second-order valence-corrected chi connectivity index (χ2v) is 5.75. The van der Waals surface area contributed by atoms with Gasteiger partial charge in [0.05, 0.1) is 5.52 Å². The molecule has 0 radical (unpaired) electrons. The summed E-state index contributed by atoms with van der Waals surface area (Å²) in [5, 5.41) is 4.40. The van der Waals surface area contributed by atoms with E-state index in [4.69, 9.17) is 0 Å². The quantitative estimate of drug-likeness (QED) is 0.941. The van der Waals surface area contributed by atoms with Crippen LogP contribution in [-0.2, 0) is 0 Å². The average molecular weight is 283 g/mol. The number of benzene rings is 1. The second kappa shape index (κ2) is 5.72. The molecule has 1 aliphatic rings. The number of amides is 1. The number of hydrogen-bond donors (Lipinski definition) is 1. The van der Waals surface area contributed by atoms with Crippen LogP contribution in [-0.4, -0.2) is 35.4 Å². The summed E-state index contributed by atoms with van der Waals surface area (Å²) in [4.78, 5) is 19.1. The maximum Gasteiger partial charge on any atom is 0.272 e. The molecule has 1 aliphatic heterocycles. The van der Waals surface area contributed by atoms with E-state index in [0.717, 1.165) is 42.6 Å². The van der Waals surface area contributed by atoms with Gasteiger partial charge in [0.1, 0.15) is 5.69 Å². The van der Waals surface area contributed by atoms with Gasteiger partial charge in [-0.15, -0.1) is 0 Å². The Morgan fingerprint density at radius 3 is 2.95 bits per heavy atom. The fourth-order valence-electron chi connectivity index (χ4n) is 2.90. The van der Waals surface area contributed by atoms with Gasteiger partial charge in [0.2, 0.25) is 0 Å². The van der Waals surface area contributed by atoms with Crippen LogP contribution in [0.15, 0.2) is 30.3 Å². The summed E-state index contributed by atoms with van der Waals surface area (Å²) in [6.45, 7) is 6.74. The van der Waals surface area contributed by atoms with E-state index in [0.29, 0.717) is 11.6 Å². The Bertz CT molecular complexity index is 668. The van der Waals surface area contributed by atoms with Crippen molar-refractivity contribution in [3.8, 4) is 0 Å². The molecule has 1 fully saturated rings. The molecule has 2 heterocycles. The fraction of sp³-hybridized carbons (Fsp3) is 0.412. The molecule has 0 aliphatic carbocycles. The van der Waals surface area contributed by atoms with Gasteiger partial charge in [-0.25, -0.2) is 4.98 Å². The summed E-state index contributed by atoms with van der Waals surface area (Å²) in [7, 11) is 0. The number of fused-ring (bicyclic) bond motifs is 1. The molecule has 1 amide bonds. The Hall–Kier alpha value is -2.10. The summed E-state index contributed by atoms with van der Waals surface area (Å²) in [6.07, 6.45) is 1.08. The number of carbonyl (C=O) groups is 1. The Kier molecular flexibility index (Phi) is 3.78. The van der Waals surface area contributed by atoms with Gasteiger partial charge in [0, 0.05) is 30.7 Å². The lowest BCUT2D eigenvalue weighted by Gasteiger charge is -2.17. The predicted octanol–water partition coefficient (Wildman–Crippen LogP) is 3.15. The summed E-state index contributed by atoms with van der Waals surface area (Å²) in [5.41, 5.74) is 2.39. The third kappa shape index (κ3) is 2.71. The highest BCUT2D eigenvalue weighted by Gasteiger charge is 2.25. The van der Waals surface area contributed by atoms with E-state index >= 15 is 0 Å². The number of anilines is 1. The molecule has 21 heavy (non-hydrogen) atoms. The third-order valence-electron chi connectivity index (χ3n) is 4.01. The first kappa shape index (κ1) is 13.9. The van der Waals surface area contributed by atoms with E-state index < -0.39 is 0 Å². The first-order valence-electron chi connectivity index (χ1n) is 7.62. The first-order valence-corrected chi connectivity index (χ1v) is 7.62. The van der Waals surface area contributed by atoms with Crippen molar-refractivity contribution >= 4 is 22.5 Å². The maximum atomic E-state index is 12.6. The van der Waals surface area contributed by atoms with Gasteiger partial charge in [-0.2, -0.15) is 0 Å². The van der Waals surface area contributed by atoms with Gasteiger partial charge in [0.25, 0.3) is 5.91 Å². The topological polar surface area (TPSA) is 45.2 Å². The summed E-state index contributed by atoms with van der Waals surface area (Å²) >= 11 is 0. The molecule has 2 aromatic rings. The molecule has 1 aromatic heterocycles. The molecule has 1 saturated heterocycles. The number of carbonyl (C=O) groups excluding carboxylic acids is 1. The Morgan fingerprint density at radius 1 is 1.43 bits per heavy atom. The SMILES string of the molecule is CCNc1cc(C(=O)N2CCC(C)C2)nc2ccccc12. The van der Waals surface area contributed by atoms with Crippen LogP contribution in [0.25, 0.3) is 10.9 Å². The molecule has 0 spiro atoms. The van der Waals surface area contributed by atoms with Crippen molar-refractivity contribution in [2.75, 3.05) is 25.0 Å². The minimum absolute atomic E-state index is 0.0456. The minimum Gasteiger partial charge on any atom is -0.385 e. The highest BCUT2D eigenvalue weighted by atomic mass is 16.2. The van der Waals surface area contributed by atoms with Crippen molar-refractivity contribution in [3.63, 3.8) is 0 Å². The molecule has 0 saturated carbocycles. The summed E-state index contributed by atoms with van der Waals surface area (Å²) < 4.78 is 0. The number of hydrogen-bond acceptors (Lipinski definition) is 3. The van der Waals surface area contributed by atoms with Crippen molar-refractivity contribution in [2.45, 2.75) is 20.3 Å². The van der Waals surface area contributed by atoms with E-state index in [1.54, 1.807) is 0 Å². The number of pyridine rings is 1. The highest BCUT2D eigenvalue weighted by Crippen LogP contribution is 2.25. The third-order valence-corrected chi connectivity index (χ3v) is 4.01. The predicted molar refractivity (Wildman–Crippen MR) is 85.6 cm³/mol. The number of nitrogens with zero attached hydrogens (tertiary/aromatic N) is 2. The van der Waals surface area contributed by atoms with E-state index in [-0.39, 0.29) is 5.91 Å². The number of likely N-dealkylation sites (tertiary alicyclic amines) is 1.